The standard InChI is InChI=1S/C20H26N2O2/c1-15-11-16(2)13-19(12-15)24-10-9-22(4)14-17-5-7-18(8-6-17)20(23)21-3/h5-8,11-13H,9-10,14H2,1-4H3,(H,21,23)/p+1. The van der Waals surface area contributed by atoms with E-state index in [4.69, 9.17) is 4.74 Å². The van der Waals surface area contributed by atoms with Crippen molar-refractivity contribution in [2.75, 3.05) is 27.2 Å². The first-order chi connectivity index (χ1) is 11.5. The van der Waals surface area contributed by atoms with Crippen molar-refractivity contribution in [2.45, 2.75) is 20.4 Å². The second kappa shape index (κ2) is 8.50. The van der Waals surface area contributed by atoms with Gasteiger partial charge >= 0.3 is 0 Å². The van der Waals surface area contributed by atoms with E-state index in [-0.39, 0.29) is 5.91 Å². The lowest BCUT2D eigenvalue weighted by atomic mass is 10.1. The Morgan fingerprint density at radius 1 is 1.08 bits per heavy atom. The third-order valence-electron chi connectivity index (χ3n) is 3.94. The molecule has 4 nitrogen and oxygen atoms in total. The van der Waals surface area contributed by atoms with Crippen LogP contribution in [0.3, 0.4) is 0 Å². The molecule has 0 aromatic heterocycles. The number of carbonyl (C=O) groups is 1. The highest BCUT2D eigenvalue weighted by molar-refractivity contribution is 5.93. The summed E-state index contributed by atoms with van der Waals surface area (Å²) in [6.07, 6.45) is 0. The van der Waals surface area contributed by atoms with Crippen LogP contribution < -0.4 is 15.0 Å². The van der Waals surface area contributed by atoms with Crippen molar-refractivity contribution in [1.29, 1.82) is 0 Å². The summed E-state index contributed by atoms with van der Waals surface area (Å²) in [6.45, 7) is 6.68. The van der Waals surface area contributed by atoms with E-state index in [0.717, 1.165) is 18.8 Å². The molecule has 1 unspecified atom stereocenters. The van der Waals surface area contributed by atoms with E-state index in [0.29, 0.717) is 12.2 Å². The molecule has 0 aliphatic carbocycles. The van der Waals surface area contributed by atoms with Gasteiger partial charge in [-0.25, -0.2) is 0 Å². The molecule has 128 valence electrons. The second-order valence-electron chi connectivity index (χ2n) is 6.33. The number of rotatable bonds is 7. The van der Waals surface area contributed by atoms with Gasteiger partial charge in [-0.2, -0.15) is 0 Å². The summed E-state index contributed by atoms with van der Waals surface area (Å²) in [5, 5.41) is 2.63. The number of benzene rings is 2. The van der Waals surface area contributed by atoms with E-state index >= 15 is 0 Å². The first-order valence-electron chi connectivity index (χ1n) is 8.31. The number of nitrogens with one attached hydrogen (secondary N) is 2. The van der Waals surface area contributed by atoms with E-state index in [1.165, 1.54) is 21.6 Å². The maximum atomic E-state index is 11.5. The van der Waals surface area contributed by atoms with E-state index < -0.39 is 0 Å². The van der Waals surface area contributed by atoms with E-state index in [9.17, 15) is 4.79 Å². The van der Waals surface area contributed by atoms with Gasteiger partial charge in [0.15, 0.2) is 0 Å². The van der Waals surface area contributed by atoms with E-state index in [1.807, 2.05) is 24.3 Å². The Labute approximate surface area is 144 Å². The summed E-state index contributed by atoms with van der Waals surface area (Å²) in [4.78, 5) is 12.9. The third kappa shape index (κ3) is 5.39. The monoisotopic (exact) mass is 327 g/mol. The number of hydrogen-bond donors (Lipinski definition) is 2. The number of ether oxygens (including phenoxy) is 1. The average molecular weight is 327 g/mol. The zero-order valence-corrected chi connectivity index (χ0v) is 15.0. The normalized spacial score (nSPS) is 11.8. The molecular formula is C20H27N2O2+. The van der Waals surface area contributed by atoms with Gasteiger partial charge < -0.3 is 15.0 Å². The highest BCUT2D eigenvalue weighted by Crippen LogP contribution is 2.15. The maximum Gasteiger partial charge on any atom is 0.251 e. The van der Waals surface area contributed by atoms with E-state index in [2.05, 4.69) is 44.4 Å². The van der Waals surface area contributed by atoms with Crippen LogP contribution in [0.2, 0.25) is 0 Å². The first-order valence-corrected chi connectivity index (χ1v) is 8.31. The van der Waals surface area contributed by atoms with Crippen LogP contribution in [0.5, 0.6) is 5.75 Å². The minimum absolute atomic E-state index is 0.0518. The van der Waals surface area contributed by atoms with Crippen LogP contribution in [0.1, 0.15) is 27.0 Å². The third-order valence-corrected chi connectivity index (χ3v) is 3.94. The van der Waals surface area contributed by atoms with Crippen molar-refractivity contribution < 1.29 is 14.4 Å². The van der Waals surface area contributed by atoms with E-state index in [1.54, 1.807) is 7.05 Å². The van der Waals surface area contributed by atoms with Gasteiger partial charge in [0, 0.05) is 18.2 Å². The summed E-state index contributed by atoms with van der Waals surface area (Å²) in [7, 11) is 3.79. The minimum Gasteiger partial charge on any atom is -0.488 e. The quantitative estimate of drug-likeness (QED) is 0.814. The van der Waals surface area contributed by atoms with Gasteiger partial charge in [0.2, 0.25) is 0 Å². The smallest absolute Gasteiger partial charge is 0.251 e. The van der Waals surface area contributed by atoms with Crippen LogP contribution in [0.4, 0.5) is 0 Å². The molecule has 2 N–H and O–H groups in total. The van der Waals surface area contributed by atoms with Crippen LogP contribution >= 0.6 is 0 Å². The first kappa shape index (κ1) is 18.0. The SMILES string of the molecule is CNC(=O)c1ccc(C[NH+](C)CCOc2cc(C)cc(C)c2)cc1. The van der Waals surface area contributed by atoms with Crippen LogP contribution in [-0.2, 0) is 6.54 Å². The van der Waals surface area contributed by atoms with Crippen molar-refractivity contribution in [2.24, 2.45) is 0 Å². The van der Waals surface area contributed by atoms with Crippen molar-refractivity contribution in [3.8, 4) is 5.75 Å². The number of aryl methyl sites for hydroxylation is 2. The van der Waals surface area contributed by atoms with Crippen LogP contribution in [-0.4, -0.2) is 33.2 Å². The lowest BCUT2D eigenvalue weighted by molar-refractivity contribution is -0.893. The highest BCUT2D eigenvalue weighted by Gasteiger charge is 2.07. The maximum absolute atomic E-state index is 11.5. The molecule has 2 aromatic rings. The van der Waals surface area contributed by atoms with Crippen LogP contribution in [0.25, 0.3) is 0 Å². The molecule has 0 radical (unpaired) electrons. The molecule has 0 saturated heterocycles. The van der Waals surface area contributed by atoms with Crippen molar-refractivity contribution in [1.82, 2.24) is 5.32 Å². The lowest BCUT2D eigenvalue weighted by Gasteiger charge is -2.15. The molecular weight excluding hydrogens is 300 g/mol. The molecule has 2 aromatic carbocycles. The minimum atomic E-state index is -0.0518. The summed E-state index contributed by atoms with van der Waals surface area (Å²) in [5.74, 6) is 0.888. The largest absolute Gasteiger partial charge is 0.488 e. The molecule has 0 heterocycles. The molecule has 24 heavy (non-hydrogen) atoms. The van der Waals surface area contributed by atoms with Crippen molar-refractivity contribution in [3.05, 3.63) is 64.7 Å². The van der Waals surface area contributed by atoms with Gasteiger partial charge in [-0.05, 0) is 49.2 Å². The van der Waals surface area contributed by atoms with Gasteiger partial charge in [-0.1, -0.05) is 18.2 Å². The Hall–Kier alpha value is -2.33. The highest BCUT2D eigenvalue weighted by atomic mass is 16.5. The fourth-order valence-electron chi connectivity index (χ4n) is 2.71. The Balaban J connectivity index is 1.80. The molecule has 0 spiro atoms. The molecule has 0 aliphatic heterocycles. The number of quaternary nitrogens is 1. The zero-order valence-electron chi connectivity index (χ0n) is 15.0. The van der Waals surface area contributed by atoms with Gasteiger partial charge in [0.25, 0.3) is 5.91 Å². The molecule has 1 atom stereocenters. The number of hydrogen-bond acceptors (Lipinski definition) is 2. The number of carbonyl (C=O) groups excluding carboxylic acids is 1. The average Bonchev–Trinajstić information content (AvgIpc) is 2.54. The fourth-order valence-corrected chi connectivity index (χ4v) is 2.71. The molecule has 0 aliphatic rings. The topological polar surface area (TPSA) is 42.8 Å². The van der Waals surface area contributed by atoms with Crippen molar-refractivity contribution >= 4 is 5.91 Å². The van der Waals surface area contributed by atoms with Gasteiger partial charge in [-0.15, -0.1) is 0 Å². The van der Waals surface area contributed by atoms with Crippen LogP contribution in [0.15, 0.2) is 42.5 Å². The summed E-state index contributed by atoms with van der Waals surface area (Å²) < 4.78 is 5.87. The van der Waals surface area contributed by atoms with Gasteiger partial charge in [0.1, 0.15) is 25.4 Å². The molecule has 2 rings (SSSR count). The number of amides is 1. The predicted octanol–water partition coefficient (Wildman–Crippen LogP) is 1.76. The van der Waals surface area contributed by atoms with Gasteiger partial charge in [-0.3, -0.25) is 4.79 Å². The number of likely N-dealkylation sites (N-methyl/N-ethyl adjacent to an activating group) is 1. The molecule has 0 fully saturated rings. The Morgan fingerprint density at radius 3 is 2.29 bits per heavy atom. The lowest BCUT2D eigenvalue weighted by Crippen LogP contribution is -3.08. The van der Waals surface area contributed by atoms with Crippen molar-refractivity contribution in [3.63, 3.8) is 0 Å². The summed E-state index contributed by atoms with van der Waals surface area (Å²) in [5.41, 5.74) is 4.35. The van der Waals surface area contributed by atoms with Gasteiger partial charge in [0.05, 0.1) is 7.05 Å². The summed E-state index contributed by atoms with van der Waals surface area (Å²) in [6, 6.07) is 14.0. The molecule has 4 heteroatoms. The summed E-state index contributed by atoms with van der Waals surface area (Å²) >= 11 is 0. The molecule has 1 amide bonds. The Morgan fingerprint density at radius 2 is 1.71 bits per heavy atom. The Kier molecular flexibility index (Phi) is 6.38. The molecule has 0 bridgehead atoms. The van der Waals surface area contributed by atoms with Crippen LogP contribution in [0, 0.1) is 13.8 Å². The predicted molar refractivity (Wildman–Crippen MR) is 96.7 cm³/mol. The second-order valence-corrected chi connectivity index (χ2v) is 6.33. The Bertz CT molecular complexity index is 660. The fraction of sp³-hybridized carbons (Fsp3) is 0.350. The molecule has 0 saturated carbocycles. The zero-order chi connectivity index (χ0) is 17.5.